The predicted molar refractivity (Wildman–Crippen MR) is 100 cm³/mol. The Balaban J connectivity index is 1.61. The minimum absolute atomic E-state index is 0.109. The first-order valence-electron chi connectivity index (χ1n) is 9.16. The lowest BCUT2D eigenvalue weighted by Gasteiger charge is -2.17. The molecule has 1 aromatic carbocycles. The molecule has 0 aliphatic carbocycles. The molecule has 1 aromatic heterocycles. The average molecular weight is 448 g/mol. The molecule has 0 radical (unpaired) electrons. The van der Waals surface area contributed by atoms with Gasteiger partial charge in [0.25, 0.3) is 0 Å². The van der Waals surface area contributed by atoms with Crippen LogP contribution >= 0.6 is 0 Å². The number of benzene rings is 1. The zero-order valence-electron chi connectivity index (χ0n) is 16.0. The van der Waals surface area contributed by atoms with Crippen molar-refractivity contribution in [3.63, 3.8) is 0 Å². The molecule has 0 spiro atoms. The molecule has 3 rings (SSSR count). The van der Waals surface area contributed by atoms with E-state index < -0.39 is 32.5 Å². The van der Waals surface area contributed by atoms with Gasteiger partial charge in [-0.1, -0.05) is 0 Å². The van der Waals surface area contributed by atoms with E-state index in [9.17, 15) is 26.0 Å². The van der Waals surface area contributed by atoms with E-state index in [1.807, 2.05) is 0 Å². The highest BCUT2D eigenvalue weighted by atomic mass is 32.2. The molecule has 1 fully saturated rings. The zero-order valence-corrected chi connectivity index (χ0v) is 16.9. The molecule has 0 atom stereocenters. The Morgan fingerprint density at radius 3 is 2.53 bits per heavy atom. The molecule has 1 aliphatic rings. The third-order valence-corrected chi connectivity index (χ3v) is 5.89. The van der Waals surface area contributed by atoms with Crippen molar-refractivity contribution in [1.82, 2.24) is 14.7 Å². The summed E-state index contributed by atoms with van der Waals surface area (Å²) in [7, 11) is -4.28. The summed E-state index contributed by atoms with van der Waals surface area (Å²) in [5, 5.41) is 0. The number of ether oxygens (including phenoxy) is 1. The van der Waals surface area contributed by atoms with Crippen molar-refractivity contribution >= 4 is 15.8 Å². The van der Waals surface area contributed by atoms with Gasteiger partial charge in [-0.25, -0.2) is 22.5 Å². The Kier molecular flexibility index (Phi) is 6.46. The standard InChI is InChI=1S/C18H20F4N4O3S/c1-12-24-16(26-7-2-3-8-26)11-17(25-12)29-9-6-23-30(27,28)13-4-5-15(19)14(10-13)18(20,21)22/h4-5,10-11,23H,2-3,6-9H2,1H3. The monoisotopic (exact) mass is 448 g/mol. The van der Waals surface area contributed by atoms with Crippen molar-refractivity contribution in [3.05, 3.63) is 41.5 Å². The fourth-order valence-corrected chi connectivity index (χ4v) is 4.05. The van der Waals surface area contributed by atoms with Gasteiger partial charge in [-0.2, -0.15) is 18.2 Å². The van der Waals surface area contributed by atoms with Crippen LogP contribution in [0.15, 0.2) is 29.2 Å². The van der Waals surface area contributed by atoms with Gasteiger partial charge in [-0.05, 0) is 38.0 Å². The number of sulfonamides is 1. The van der Waals surface area contributed by atoms with E-state index in [0.717, 1.165) is 37.8 Å². The summed E-state index contributed by atoms with van der Waals surface area (Å²) >= 11 is 0. The number of hydrogen-bond acceptors (Lipinski definition) is 6. The number of nitrogens with zero attached hydrogens (tertiary/aromatic N) is 3. The Morgan fingerprint density at radius 1 is 1.17 bits per heavy atom. The lowest BCUT2D eigenvalue weighted by Crippen LogP contribution is -2.29. The summed E-state index contributed by atoms with van der Waals surface area (Å²) in [5.41, 5.74) is -1.65. The molecule has 1 saturated heterocycles. The van der Waals surface area contributed by atoms with E-state index in [2.05, 4.69) is 19.6 Å². The summed E-state index contributed by atoms with van der Waals surface area (Å²) in [5.74, 6) is -0.0509. The van der Waals surface area contributed by atoms with Crippen molar-refractivity contribution in [2.24, 2.45) is 0 Å². The highest BCUT2D eigenvalue weighted by Gasteiger charge is 2.35. The van der Waals surface area contributed by atoms with Crippen LogP contribution in [0, 0.1) is 12.7 Å². The average Bonchev–Trinajstić information content (AvgIpc) is 3.19. The Morgan fingerprint density at radius 2 is 1.87 bits per heavy atom. The summed E-state index contributed by atoms with van der Waals surface area (Å²) in [6, 6.07) is 3.15. The molecule has 2 aromatic rings. The lowest BCUT2D eigenvalue weighted by molar-refractivity contribution is -0.140. The molecule has 0 saturated carbocycles. The van der Waals surface area contributed by atoms with E-state index >= 15 is 0 Å². The first-order valence-corrected chi connectivity index (χ1v) is 10.6. The second-order valence-corrected chi connectivity index (χ2v) is 8.46. The summed E-state index contributed by atoms with van der Waals surface area (Å²) in [6.45, 7) is 3.15. The molecule has 1 N–H and O–H groups in total. The van der Waals surface area contributed by atoms with Crippen LogP contribution in [0.3, 0.4) is 0 Å². The van der Waals surface area contributed by atoms with E-state index in [4.69, 9.17) is 4.74 Å². The fourth-order valence-electron chi connectivity index (χ4n) is 3.01. The van der Waals surface area contributed by atoms with Crippen molar-refractivity contribution in [3.8, 4) is 5.88 Å². The number of nitrogens with one attached hydrogen (secondary N) is 1. The summed E-state index contributed by atoms with van der Waals surface area (Å²) in [6.07, 6.45) is -2.86. The van der Waals surface area contributed by atoms with Gasteiger partial charge in [0.2, 0.25) is 15.9 Å². The molecule has 0 amide bonds. The molecule has 7 nitrogen and oxygen atoms in total. The van der Waals surface area contributed by atoms with Crippen LogP contribution in [0.5, 0.6) is 5.88 Å². The van der Waals surface area contributed by atoms with Gasteiger partial charge in [0.15, 0.2) is 0 Å². The topological polar surface area (TPSA) is 84.4 Å². The molecule has 0 bridgehead atoms. The molecule has 12 heteroatoms. The van der Waals surface area contributed by atoms with Gasteiger partial charge in [0.05, 0.1) is 10.5 Å². The molecular weight excluding hydrogens is 428 g/mol. The van der Waals surface area contributed by atoms with Crippen molar-refractivity contribution in [2.45, 2.75) is 30.8 Å². The number of halogens is 4. The van der Waals surface area contributed by atoms with Crippen LogP contribution in [-0.2, 0) is 16.2 Å². The van der Waals surface area contributed by atoms with Crippen molar-refractivity contribution < 1.29 is 30.7 Å². The fraction of sp³-hybridized carbons (Fsp3) is 0.444. The SMILES string of the molecule is Cc1nc(OCCNS(=O)(=O)c2ccc(F)c(C(F)(F)F)c2)cc(N2CCCC2)n1. The number of alkyl halides is 3. The van der Waals surface area contributed by atoms with Gasteiger partial charge in [-0.15, -0.1) is 0 Å². The number of aromatic nitrogens is 2. The third kappa shape index (κ3) is 5.36. The minimum atomic E-state index is -5.00. The number of aryl methyl sites for hydroxylation is 1. The maximum atomic E-state index is 13.4. The highest BCUT2D eigenvalue weighted by molar-refractivity contribution is 7.89. The first kappa shape index (κ1) is 22.2. The van der Waals surface area contributed by atoms with Crippen LogP contribution in [-0.4, -0.2) is 44.6 Å². The van der Waals surface area contributed by atoms with Gasteiger partial charge >= 0.3 is 6.18 Å². The van der Waals surface area contributed by atoms with E-state index in [1.165, 1.54) is 0 Å². The van der Waals surface area contributed by atoms with Gasteiger partial charge in [-0.3, -0.25) is 0 Å². The summed E-state index contributed by atoms with van der Waals surface area (Å²) in [4.78, 5) is 9.91. The number of rotatable bonds is 7. The van der Waals surface area contributed by atoms with Crippen LogP contribution in [0.4, 0.5) is 23.4 Å². The van der Waals surface area contributed by atoms with Crippen LogP contribution in [0.2, 0.25) is 0 Å². The second-order valence-electron chi connectivity index (χ2n) is 6.69. The number of hydrogen-bond donors (Lipinski definition) is 1. The van der Waals surface area contributed by atoms with Crippen LogP contribution in [0.25, 0.3) is 0 Å². The normalized spacial score (nSPS) is 14.9. The maximum Gasteiger partial charge on any atom is 0.419 e. The smallest absolute Gasteiger partial charge is 0.419 e. The molecule has 30 heavy (non-hydrogen) atoms. The highest BCUT2D eigenvalue weighted by Crippen LogP contribution is 2.32. The molecule has 0 unspecified atom stereocenters. The van der Waals surface area contributed by atoms with E-state index in [0.29, 0.717) is 11.9 Å². The largest absolute Gasteiger partial charge is 0.476 e. The second kappa shape index (κ2) is 8.72. The van der Waals surface area contributed by atoms with E-state index in [-0.39, 0.29) is 25.1 Å². The molecule has 2 heterocycles. The van der Waals surface area contributed by atoms with Gasteiger partial charge in [0.1, 0.15) is 24.1 Å². The van der Waals surface area contributed by atoms with Gasteiger partial charge in [0, 0.05) is 25.7 Å². The van der Waals surface area contributed by atoms with Crippen molar-refractivity contribution in [1.29, 1.82) is 0 Å². The number of anilines is 1. The van der Waals surface area contributed by atoms with Crippen molar-refractivity contribution in [2.75, 3.05) is 31.1 Å². The lowest BCUT2D eigenvalue weighted by atomic mass is 10.2. The van der Waals surface area contributed by atoms with E-state index in [1.54, 1.807) is 13.0 Å². The maximum absolute atomic E-state index is 13.4. The van der Waals surface area contributed by atoms with Gasteiger partial charge < -0.3 is 9.64 Å². The first-order chi connectivity index (χ1) is 14.1. The molecule has 1 aliphatic heterocycles. The zero-order chi connectivity index (χ0) is 21.9. The van der Waals surface area contributed by atoms with Crippen LogP contribution in [0.1, 0.15) is 24.2 Å². The Hall–Kier alpha value is -2.47. The summed E-state index contributed by atoms with van der Waals surface area (Å²) < 4.78 is 83.8. The van der Waals surface area contributed by atoms with Crippen LogP contribution < -0.4 is 14.4 Å². The molecule has 164 valence electrons. The third-order valence-electron chi connectivity index (χ3n) is 4.43. The predicted octanol–water partition coefficient (Wildman–Crippen LogP) is 2.90. The minimum Gasteiger partial charge on any atom is -0.476 e. The Bertz CT molecular complexity index is 1010. The molecular formula is C18H20F4N4O3S. The quantitative estimate of drug-likeness (QED) is 0.518. The Labute approximate surface area is 171 Å².